The minimum atomic E-state index is -0.180. The molecule has 1 aliphatic rings. The molecule has 1 aromatic rings. The number of rotatable bonds is 4. The van der Waals surface area contributed by atoms with Crippen molar-refractivity contribution in [2.45, 2.75) is 19.8 Å². The Labute approximate surface area is 125 Å². The zero-order valence-corrected chi connectivity index (χ0v) is 12.6. The third-order valence-corrected chi connectivity index (χ3v) is 3.52. The molecule has 0 spiro atoms. The molecule has 0 aromatic carbocycles. The number of amides is 2. The van der Waals surface area contributed by atoms with Gasteiger partial charge in [0.25, 0.3) is 5.91 Å². The second kappa shape index (κ2) is 7.06. The minimum Gasteiger partial charge on any atom is -0.384 e. The summed E-state index contributed by atoms with van der Waals surface area (Å²) in [6.45, 7) is 4.38. The second-order valence-electron chi connectivity index (χ2n) is 5.25. The largest absolute Gasteiger partial charge is 0.384 e. The smallest absolute Gasteiger partial charge is 0.272 e. The van der Waals surface area contributed by atoms with E-state index in [-0.39, 0.29) is 18.4 Å². The summed E-state index contributed by atoms with van der Waals surface area (Å²) in [4.78, 5) is 31.7. The fraction of sp³-hybridized carbons (Fsp3) is 0.533. The lowest BCUT2D eigenvalue weighted by Gasteiger charge is -2.19. The van der Waals surface area contributed by atoms with E-state index in [1.54, 1.807) is 29.1 Å². The van der Waals surface area contributed by atoms with Crippen LogP contribution in [0.1, 0.15) is 30.3 Å². The number of anilines is 1. The van der Waals surface area contributed by atoms with E-state index in [2.05, 4.69) is 17.2 Å². The topological polar surface area (TPSA) is 65.5 Å². The summed E-state index contributed by atoms with van der Waals surface area (Å²) in [7, 11) is 1.77. The summed E-state index contributed by atoms with van der Waals surface area (Å²) < 4.78 is 0. The molecule has 0 bridgehead atoms. The Morgan fingerprint density at radius 1 is 1.38 bits per heavy atom. The first kappa shape index (κ1) is 15.3. The van der Waals surface area contributed by atoms with Gasteiger partial charge in [-0.3, -0.25) is 9.59 Å². The van der Waals surface area contributed by atoms with E-state index in [1.807, 2.05) is 6.07 Å². The summed E-state index contributed by atoms with van der Waals surface area (Å²) in [5, 5.41) is 3.21. The predicted molar refractivity (Wildman–Crippen MR) is 81.2 cm³/mol. The van der Waals surface area contributed by atoms with Crippen LogP contribution in [0.3, 0.4) is 0 Å². The maximum atomic E-state index is 12.4. The molecule has 2 heterocycles. The van der Waals surface area contributed by atoms with Gasteiger partial charge in [0.2, 0.25) is 5.91 Å². The van der Waals surface area contributed by atoms with Crippen molar-refractivity contribution in [2.24, 2.45) is 0 Å². The second-order valence-corrected chi connectivity index (χ2v) is 5.25. The van der Waals surface area contributed by atoms with Crippen molar-refractivity contribution < 1.29 is 9.59 Å². The molecule has 1 aliphatic heterocycles. The highest BCUT2D eigenvalue weighted by atomic mass is 16.2. The van der Waals surface area contributed by atoms with Crippen LogP contribution in [0.5, 0.6) is 0 Å². The average molecular weight is 290 g/mol. The maximum Gasteiger partial charge on any atom is 0.272 e. The molecule has 21 heavy (non-hydrogen) atoms. The monoisotopic (exact) mass is 290 g/mol. The number of nitrogens with zero attached hydrogens (tertiary/aromatic N) is 3. The Morgan fingerprint density at radius 2 is 2.19 bits per heavy atom. The molecule has 1 fully saturated rings. The van der Waals surface area contributed by atoms with E-state index in [4.69, 9.17) is 0 Å². The zero-order chi connectivity index (χ0) is 15.2. The normalized spacial score (nSPS) is 15.8. The lowest BCUT2D eigenvalue weighted by molar-refractivity contribution is -0.129. The molecule has 1 N–H and O–H groups in total. The van der Waals surface area contributed by atoms with Crippen molar-refractivity contribution in [3.05, 3.63) is 24.0 Å². The first-order valence-corrected chi connectivity index (χ1v) is 7.35. The van der Waals surface area contributed by atoms with Gasteiger partial charge in [0.05, 0.1) is 11.9 Å². The highest BCUT2D eigenvalue weighted by molar-refractivity contribution is 5.95. The molecule has 2 rings (SSSR count). The summed E-state index contributed by atoms with van der Waals surface area (Å²) >= 11 is 0. The van der Waals surface area contributed by atoms with E-state index in [0.29, 0.717) is 18.8 Å². The third-order valence-electron chi connectivity index (χ3n) is 3.52. The third kappa shape index (κ3) is 3.93. The summed E-state index contributed by atoms with van der Waals surface area (Å²) in [5.41, 5.74) is 1.29. The van der Waals surface area contributed by atoms with Crippen LogP contribution in [0.25, 0.3) is 0 Å². The van der Waals surface area contributed by atoms with Crippen LogP contribution in [-0.4, -0.2) is 59.8 Å². The molecule has 0 atom stereocenters. The first-order valence-electron chi connectivity index (χ1n) is 7.35. The van der Waals surface area contributed by atoms with E-state index < -0.39 is 0 Å². The van der Waals surface area contributed by atoms with Gasteiger partial charge in [0.1, 0.15) is 12.2 Å². The van der Waals surface area contributed by atoms with Crippen molar-refractivity contribution >= 4 is 17.5 Å². The fourth-order valence-corrected chi connectivity index (χ4v) is 2.22. The number of nitrogens with one attached hydrogen (secondary N) is 1. The van der Waals surface area contributed by atoms with E-state index in [9.17, 15) is 9.59 Å². The number of carbonyl (C=O) groups excluding carboxylic acids is 2. The van der Waals surface area contributed by atoms with Gasteiger partial charge >= 0.3 is 0 Å². The standard InChI is InChI=1S/C15H22N4O2/c1-3-7-16-12-5-6-13(17-10-12)15(21)19-9-4-8-18(2)14(20)11-19/h5-6,10,16H,3-4,7-9,11H2,1-2H3. The van der Waals surface area contributed by atoms with Gasteiger partial charge in [-0.05, 0) is 25.0 Å². The van der Waals surface area contributed by atoms with Gasteiger partial charge in [0, 0.05) is 26.7 Å². The van der Waals surface area contributed by atoms with Gasteiger partial charge < -0.3 is 15.1 Å². The molecule has 0 saturated carbocycles. The number of carbonyl (C=O) groups is 2. The van der Waals surface area contributed by atoms with E-state index >= 15 is 0 Å². The lowest BCUT2D eigenvalue weighted by Crippen LogP contribution is -2.38. The van der Waals surface area contributed by atoms with Crippen LogP contribution in [-0.2, 0) is 4.79 Å². The molecule has 0 radical (unpaired) electrons. The number of pyridine rings is 1. The van der Waals surface area contributed by atoms with E-state index in [1.165, 1.54) is 0 Å². The lowest BCUT2D eigenvalue weighted by atomic mass is 10.2. The van der Waals surface area contributed by atoms with Crippen molar-refractivity contribution in [1.29, 1.82) is 0 Å². The highest BCUT2D eigenvalue weighted by Gasteiger charge is 2.24. The minimum absolute atomic E-state index is 0.0258. The highest BCUT2D eigenvalue weighted by Crippen LogP contribution is 2.10. The van der Waals surface area contributed by atoms with Gasteiger partial charge in [-0.1, -0.05) is 6.92 Å². The van der Waals surface area contributed by atoms with Gasteiger partial charge in [-0.15, -0.1) is 0 Å². The molecule has 1 aromatic heterocycles. The van der Waals surface area contributed by atoms with Crippen LogP contribution in [0.4, 0.5) is 5.69 Å². The van der Waals surface area contributed by atoms with Gasteiger partial charge in [-0.2, -0.15) is 0 Å². The van der Waals surface area contributed by atoms with Crippen molar-refractivity contribution in [3.63, 3.8) is 0 Å². The molecule has 1 saturated heterocycles. The molecule has 6 nitrogen and oxygen atoms in total. The molecular weight excluding hydrogens is 268 g/mol. The van der Waals surface area contributed by atoms with Gasteiger partial charge in [-0.25, -0.2) is 4.98 Å². The SMILES string of the molecule is CCCNc1ccc(C(=O)N2CCCN(C)C(=O)C2)nc1. The summed E-state index contributed by atoms with van der Waals surface area (Å²) in [6, 6.07) is 3.56. The Hall–Kier alpha value is -2.11. The Kier molecular flexibility index (Phi) is 5.14. The van der Waals surface area contributed by atoms with Crippen LogP contribution < -0.4 is 5.32 Å². The molecule has 114 valence electrons. The van der Waals surface area contributed by atoms with Crippen molar-refractivity contribution in [1.82, 2.24) is 14.8 Å². The number of likely N-dealkylation sites (N-methyl/N-ethyl adjacent to an activating group) is 1. The summed E-state index contributed by atoms with van der Waals surface area (Å²) in [6.07, 6.45) is 3.49. The predicted octanol–water partition coefficient (Wildman–Crippen LogP) is 1.21. The van der Waals surface area contributed by atoms with Crippen LogP contribution >= 0.6 is 0 Å². The molecule has 2 amide bonds. The van der Waals surface area contributed by atoms with Gasteiger partial charge in [0.15, 0.2) is 0 Å². The first-order chi connectivity index (χ1) is 10.1. The Bertz CT molecular complexity index is 501. The Balaban J connectivity index is 2.03. The molecule has 0 unspecified atom stereocenters. The van der Waals surface area contributed by atoms with Crippen LogP contribution in [0, 0.1) is 0 Å². The number of hydrogen-bond acceptors (Lipinski definition) is 4. The fourth-order valence-electron chi connectivity index (χ4n) is 2.22. The van der Waals surface area contributed by atoms with Crippen molar-refractivity contribution in [3.8, 4) is 0 Å². The molecule has 6 heteroatoms. The average Bonchev–Trinajstić information content (AvgIpc) is 2.67. The quantitative estimate of drug-likeness (QED) is 0.905. The van der Waals surface area contributed by atoms with E-state index in [0.717, 1.165) is 25.1 Å². The molecular formula is C15H22N4O2. The van der Waals surface area contributed by atoms with Crippen LogP contribution in [0.15, 0.2) is 18.3 Å². The Morgan fingerprint density at radius 3 is 2.86 bits per heavy atom. The number of hydrogen-bond donors (Lipinski definition) is 1. The zero-order valence-electron chi connectivity index (χ0n) is 12.6. The summed E-state index contributed by atoms with van der Waals surface area (Å²) in [5.74, 6) is -0.206. The van der Waals surface area contributed by atoms with Crippen LogP contribution in [0.2, 0.25) is 0 Å². The maximum absolute atomic E-state index is 12.4. The number of aromatic nitrogens is 1. The van der Waals surface area contributed by atoms with Crippen molar-refractivity contribution in [2.75, 3.05) is 38.5 Å². The molecule has 0 aliphatic carbocycles.